The monoisotopic (exact) mass is 309 g/mol. The molecule has 6 heteroatoms. The van der Waals surface area contributed by atoms with Gasteiger partial charge in [-0.1, -0.05) is 0 Å². The highest BCUT2D eigenvalue weighted by atomic mass is 35.5. The van der Waals surface area contributed by atoms with Crippen LogP contribution in [-0.2, 0) is 5.88 Å². The zero-order chi connectivity index (χ0) is 15.4. The van der Waals surface area contributed by atoms with Crippen LogP contribution in [0.1, 0.15) is 11.1 Å². The maximum absolute atomic E-state index is 13.8. The number of hydrogen-bond donors (Lipinski definition) is 0. The van der Waals surface area contributed by atoms with Gasteiger partial charge in [-0.05, 0) is 29.8 Å². The van der Waals surface area contributed by atoms with E-state index in [2.05, 4.69) is 0 Å². The van der Waals surface area contributed by atoms with Crippen LogP contribution in [-0.4, -0.2) is 7.11 Å². The molecule has 0 fully saturated rings. The summed E-state index contributed by atoms with van der Waals surface area (Å²) in [6.07, 6.45) is 0. The molecular weight excluding hydrogens is 300 g/mol. The molecule has 0 unspecified atom stereocenters. The van der Waals surface area contributed by atoms with Crippen LogP contribution in [0.2, 0.25) is 0 Å². The number of hydrogen-bond acceptors (Lipinski definition) is 3. The minimum absolute atomic E-state index is 0.00565. The summed E-state index contributed by atoms with van der Waals surface area (Å²) < 4.78 is 38.0. The minimum Gasteiger partial charge on any atom is -0.493 e. The molecule has 0 saturated carbocycles. The van der Waals surface area contributed by atoms with Crippen molar-refractivity contribution < 1.29 is 18.3 Å². The molecule has 21 heavy (non-hydrogen) atoms. The Morgan fingerprint density at radius 2 is 1.81 bits per heavy atom. The molecule has 0 aliphatic rings. The average Bonchev–Trinajstić information content (AvgIpc) is 2.50. The van der Waals surface area contributed by atoms with E-state index in [0.717, 1.165) is 12.1 Å². The molecule has 3 nitrogen and oxygen atoms in total. The van der Waals surface area contributed by atoms with Crippen molar-refractivity contribution in [3.8, 4) is 23.3 Å². The lowest BCUT2D eigenvalue weighted by molar-refractivity contribution is 0.359. The third-order valence-electron chi connectivity index (χ3n) is 2.72. The maximum Gasteiger partial charge on any atom is 0.198 e. The summed E-state index contributed by atoms with van der Waals surface area (Å²) in [5.74, 6) is -1.97. The SMILES string of the molecule is COc1cc(C#N)ccc1Oc1c(F)cc(CCl)cc1F. The van der Waals surface area contributed by atoms with Crippen LogP contribution in [0.3, 0.4) is 0 Å². The minimum atomic E-state index is -0.864. The molecule has 0 saturated heterocycles. The van der Waals surface area contributed by atoms with Crippen LogP contribution >= 0.6 is 11.6 Å². The highest BCUT2D eigenvalue weighted by Gasteiger charge is 2.16. The van der Waals surface area contributed by atoms with E-state index in [9.17, 15) is 8.78 Å². The lowest BCUT2D eigenvalue weighted by atomic mass is 10.2. The highest BCUT2D eigenvalue weighted by Crippen LogP contribution is 2.35. The van der Waals surface area contributed by atoms with Gasteiger partial charge in [0.05, 0.1) is 18.7 Å². The second kappa shape index (κ2) is 6.42. The number of benzene rings is 2. The third-order valence-corrected chi connectivity index (χ3v) is 3.03. The standard InChI is InChI=1S/C15H10ClF2NO2/c1-20-14-6-9(8-19)2-3-13(14)21-15-11(17)4-10(7-16)5-12(15)18/h2-6H,7H2,1H3. The molecule has 0 aliphatic carbocycles. The predicted octanol–water partition coefficient (Wildman–Crippen LogP) is 4.38. The largest absolute Gasteiger partial charge is 0.493 e. The van der Waals surface area contributed by atoms with Gasteiger partial charge < -0.3 is 9.47 Å². The summed E-state index contributed by atoms with van der Waals surface area (Å²) in [5, 5.41) is 8.81. The van der Waals surface area contributed by atoms with E-state index in [1.54, 1.807) is 0 Å². The van der Waals surface area contributed by atoms with E-state index in [-0.39, 0.29) is 17.4 Å². The highest BCUT2D eigenvalue weighted by molar-refractivity contribution is 6.17. The summed E-state index contributed by atoms with van der Waals surface area (Å²) >= 11 is 5.54. The number of nitriles is 1. The van der Waals surface area contributed by atoms with Crippen LogP contribution in [0.5, 0.6) is 17.2 Å². The van der Waals surface area contributed by atoms with Gasteiger partial charge in [-0.15, -0.1) is 11.6 Å². The van der Waals surface area contributed by atoms with Gasteiger partial charge in [0.1, 0.15) is 0 Å². The van der Waals surface area contributed by atoms with Gasteiger partial charge in [0.15, 0.2) is 28.9 Å². The Hall–Kier alpha value is -2.32. The number of ether oxygens (including phenoxy) is 2. The average molecular weight is 310 g/mol. The molecule has 0 bridgehead atoms. The number of nitrogens with zero attached hydrogens (tertiary/aromatic N) is 1. The molecule has 0 heterocycles. The smallest absolute Gasteiger partial charge is 0.198 e. The van der Waals surface area contributed by atoms with Crippen molar-refractivity contribution in [2.45, 2.75) is 5.88 Å². The fraction of sp³-hybridized carbons (Fsp3) is 0.133. The van der Waals surface area contributed by atoms with Crippen LogP contribution in [0.4, 0.5) is 8.78 Å². The van der Waals surface area contributed by atoms with E-state index < -0.39 is 17.4 Å². The Balaban J connectivity index is 2.41. The van der Waals surface area contributed by atoms with E-state index in [0.29, 0.717) is 11.1 Å². The second-order valence-electron chi connectivity index (χ2n) is 4.10. The first-order valence-electron chi connectivity index (χ1n) is 5.89. The van der Waals surface area contributed by atoms with Crippen molar-refractivity contribution in [1.82, 2.24) is 0 Å². The molecular formula is C15H10ClF2NO2. The summed E-state index contributed by atoms with van der Waals surface area (Å²) in [6.45, 7) is 0. The fourth-order valence-electron chi connectivity index (χ4n) is 1.72. The molecule has 2 aromatic carbocycles. The fourth-order valence-corrected chi connectivity index (χ4v) is 1.87. The number of rotatable bonds is 4. The zero-order valence-corrected chi connectivity index (χ0v) is 11.7. The topological polar surface area (TPSA) is 42.2 Å². The van der Waals surface area contributed by atoms with E-state index >= 15 is 0 Å². The maximum atomic E-state index is 13.8. The van der Waals surface area contributed by atoms with Crippen molar-refractivity contribution in [1.29, 1.82) is 5.26 Å². The molecule has 0 spiro atoms. The zero-order valence-electron chi connectivity index (χ0n) is 11.0. The molecule has 0 N–H and O–H groups in total. The Labute approximate surface area is 125 Å². The Bertz CT molecular complexity index is 690. The van der Waals surface area contributed by atoms with Gasteiger partial charge in [-0.2, -0.15) is 5.26 Å². The van der Waals surface area contributed by atoms with E-state index in [4.69, 9.17) is 26.3 Å². The van der Waals surface area contributed by atoms with Gasteiger partial charge in [-0.25, -0.2) is 8.78 Å². The first-order chi connectivity index (χ1) is 10.1. The van der Waals surface area contributed by atoms with Crippen molar-refractivity contribution >= 4 is 11.6 Å². The van der Waals surface area contributed by atoms with Gasteiger partial charge in [0.25, 0.3) is 0 Å². The quantitative estimate of drug-likeness (QED) is 0.787. The Morgan fingerprint density at radius 1 is 1.14 bits per heavy atom. The van der Waals surface area contributed by atoms with Gasteiger partial charge >= 0.3 is 0 Å². The Kier molecular flexibility index (Phi) is 4.61. The van der Waals surface area contributed by atoms with Crippen molar-refractivity contribution in [2.24, 2.45) is 0 Å². The van der Waals surface area contributed by atoms with Crippen molar-refractivity contribution in [3.05, 3.63) is 53.1 Å². The predicted molar refractivity (Wildman–Crippen MR) is 73.7 cm³/mol. The molecule has 0 radical (unpaired) electrons. The van der Waals surface area contributed by atoms with Crippen LogP contribution < -0.4 is 9.47 Å². The first-order valence-corrected chi connectivity index (χ1v) is 6.42. The van der Waals surface area contributed by atoms with Crippen molar-refractivity contribution in [2.75, 3.05) is 7.11 Å². The number of halogens is 3. The molecule has 108 valence electrons. The lowest BCUT2D eigenvalue weighted by Crippen LogP contribution is -1.97. The molecule has 0 aromatic heterocycles. The lowest BCUT2D eigenvalue weighted by Gasteiger charge is -2.12. The summed E-state index contributed by atoms with van der Waals surface area (Å²) in [5.41, 5.74) is 0.656. The molecule has 0 atom stereocenters. The van der Waals surface area contributed by atoms with E-state index in [1.165, 1.54) is 25.3 Å². The van der Waals surface area contributed by atoms with Gasteiger partial charge in [0, 0.05) is 11.9 Å². The molecule has 2 rings (SSSR count). The summed E-state index contributed by atoms with van der Waals surface area (Å²) in [6, 6.07) is 8.41. The van der Waals surface area contributed by atoms with Crippen LogP contribution in [0, 0.1) is 23.0 Å². The third kappa shape index (κ3) is 3.23. The molecule has 2 aromatic rings. The summed E-state index contributed by atoms with van der Waals surface area (Å²) in [7, 11) is 1.37. The molecule has 0 aliphatic heterocycles. The first kappa shape index (κ1) is 15.1. The second-order valence-corrected chi connectivity index (χ2v) is 4.37. The van der Waals surface area contributed by atoms with Crippen LogP contribution in [0.15, 0.2) is 30.3 Å². The van der Waals surface area contributed by atoms with E-state index in [1.807, 2.05) is 6.07 Å². The van der Waals surface area contributed by atoms with Gasteiger partial charge in [-0.3, -0.25) is 0 Å². The van der Waals surface area contributed by atoms with Gasteiger partial charge in [0.2, 0.25) is 0 Å². The number of alkyl halides is 1. The normalized spacial score (nSPS) is 10.0. The molecule has 0 amide bonds. The Morgan fingerprint density at radius 3 is 2.33 bits per heavy atom. The summed E-state index contributed by atoms with van der Waals surface area (Å²) in [4.78, 5) is 0. The number of methoxy groups -OCH3 is 1. The van der Waals surface area contributed by atoms with Crippen LogP contribution in [0.25, 0.3) is 0 Å². The van der Waals surface area contributed by atoms with Crippen molar-refractivity contribution in [3.63, 3.8) is 0 Å².